The molecule has 6 nitrogen and oxygen atoms in total. The number of hydrogen-bond donors (Lipinski definition) is 2. The van der Waals surface area contributed by atoms with Crippen molar-refractivity contribution >= 4 is 17.7 Å². The second-order valence-electron chi connectivity index (χ2n) is 8.78. The summed E-state index contributed by atoms with van der Waals surface area (Å²) in [5.74, 6) is -0.633. The van der Waals surface area contributed by atoms with Crippen molar-refractivity contribution in [2.24, 2.45) is 5.41 Å². The van der Waals surface area contributed by atoms with Gasteiger partial charge in [-0.15, -0.1) is 0 Å². The van der Waals surface area contributed by atoms with E-state index in [2.05, 4.69) is 17.6 Å². The standard InChI is InChI=1S/C22H29N3O3/c1-22(9-11-23-12-10-22)14-24-19(26)15-7-8-17-18(13-15)21(28)25(20(17)27)16-5-3-2-4-6-16/h7-8,13,16,23H,2-6,9-12,14H2,1H3,(H,24,26). The zero-order valence-electron chi connectivity index (χ0n) is 16.6. The number of fused-ring (bicyclic) bond motifs is 1. The Bertz CT molecular complexity index is 792. The van der Waals surface area contributed by atoms with Crippen molar-refractivity contribution in [2.45, 2.75) is 57.9 Å². The van der Waals surface area contributed by atoms with Gasteiger partial charge in [-0.05, 0) is 62.4 Å². The van der Waals surface area contributed by atoms with E-state index in [9.17, 15) is 14.4 Å². The van der Waals surface area contributed by atoms with E-state index in [1.807, 2.05) is 0 Å². The van der Waals surface area contributed by atoms with E-state index >= 15 is 0 Å². The van der Waals surface area contributed by atoms with Gasteiger partial charge in [0.15, 0.2) is 0 Å². The Labute approximate surface area is 166 Å². The predicted octanol–water partition coefficient (Wildman–Crippen LogP) is 2.73. The van der Waals surface area contributed by atoms with Crippen LogP contribution in [0.1, 0.15) is 82.9 Å². The van der Waals surface area contributed by atoms with Crippen molar-refractivity contribution in [2.75, 3.05) is 19.6 Å². The average molecular weight is 383 g/mol. The molecular formula is C22H29N3O3. The lowest BCUT2D eigenvalue weighted by Gasteiger charge is -2.34. The molecule has 3 amide bonds. The molecule has 28 heavy (non-hydrogen) atoms. The van der Waals surface area contributed by atoms with Gasteiger partial charge in [0, 0.05) is 18.2 Å². The average Bonchev–Trinajstić information content (AvgIpc) is 2.97. The molecule has 0 aromatic heterocycles. The SMILES string of the molecule is CC1(CNC(=O)c2ccc3c(c2)C(=O)N(C2CCCCC2)C3=O)CCNCC1. The molecule has 0 unspecified atom stereocenters. The third kappa shape index (κ3) is 3.58. The summed E-state index contributed by atoms with van der Waals surface area (Å²) >= 11 is 0. The Hall–Kier alpha value is -2.21. The third-order valence-electron chi connectivity index (χ3n) is 6.61. The summed E-state index contributed by atoms with van der Waals surface area (Å²) in [6.07, 6.45) is 7.10. The fourth-order valence-corrected chi connectivity index (χ4v) is 4.67. The molecule has 0 spiro atoms. The molecule has 2 N–H and O–H groups in total. The van der Waals surface area contributed by atoms with Crippen LogP contribution in [0.4, 0.5) is 0 Å². The van der Waals surface area contributed by atoms with Crippen LogP contribution in [-0.4, -0.2) is 48.3 Å². The molecule has 4 rings (SSSR count). The van der Waals surface area contributed by atoms with E-state index in [0.717, 1.165) is 51.6 Å². The monoisotopic (exact) mass is 383 g/mol. The van der Waals surface area contributed by atoms with Crippen LogP contribution in [0.3, 0.4) is 0 Å². The first kappa shape index (κ1) is 19.1. The van der Waals surface area contributed by atoms with E-state index in [1.54, 1.807) is 18.2 Å². The number of nitrogens with zero attached hydrogens (tertiary/aromatic N) is 1. The zero-order chi connectivity index (χ0) is 19.7. The van der Waals surface area contributed by atoms with Gasteiger partial charge in [-0.3, -0.25) is 19.3 Å². The molecule has 0 atom stereocenters. The summed E-state index contributed by atoms with van der Waals surface area (Å²) in [4.78, 5) is 39.8. The highest BCUT2D eigenvalue weighted by Gasteiger charge is 2.40. The highest BCUT2D eigenvalue weighted by atomic mass is 16.2. The summed E-state index contributed by atoms with van der Waals surface area (Å²) < 4.78 is 0. The van der Waals surface area contributed by atoms with Crippen molar-refractivity contribution in [3.05, 3.63) is 34.9 Å². The Kier molecular flexibility index (Phi) is 5.23. The molecule has 1 aliphatic carbocycles. The van der Waals surface area contributed by atoms with Gasteiger partial charge in [-0.2, -0.15) is 0 Å². The molecule has 150 valence electrons. The van der Waals surface area contributed by atoms with E-state index < -0.39 is 0 Å². The second-order valence-corrected chi connectivity index (χ2v) is 8.78. The molecule has 1 saturated heterocycles. The number of carbonyl (C=O) groups is 3. The van der Waals surface area contributed by atoms with Crippen molar-refractivity contribution in [3.8, 4) is 0 Å². The summed E-state index contributed by atoms with van der Waals surface area (Å²) in [6, 6.07) is 4.89. The van der Waals surface area contributed by atoms with E-state index in [-0.39, 0.29) is 29.2 Å². The van der Waals surface area contributed by atoms with Crippen LogP contribution in [0.5, 0.6) is 0 Å². The number of benzene rings is 1. The largest absolute Gasteiger partial charge is 0.351 e. The van der Waals surface area contributed by atoms with E-state index in [0.29, 0.717) is 23.2 Å². The number of hydrogen-bond acceptors (Lipinski definition) is 4. The van der Waals surface area contributed by atoms with Crippen molar-refractivity contribution in [1.82, 2.24) is 15.5 Å². The quantitative estimate of drug-likeness (QED) is 0.784. The number of carbonyl (C=O) groups excluding carboxylic acids is 3. The molecule has 2 fully saturated rings. The molecule has 2 aliphatic heterocycles. The molecule has 0 bridgehead atoms. The lowest BCUT2D eigenvalue weighted by molar-refractivity contribution is 0.0549. The second kappa shape index (κ2) is 7.66. The van der Waals surface area contributed by atoms with E-state index in [4.69, 9.17) is 0 Å². The van der Waals surface area contributed by atoms with Crippen LogP contribution in [0, 0.1) is 5.41 Å². The smallest absolute Gasteiger partial charge is 0.261 e. The summed E-state index contributed by atoms with van der Waals surface area (Å²) in [5.41, 5.74) is 1.35. The van der Waals surface area contributed by atoms with Gasteiger partial charge in [-0.25, -0.2) is 0 Å². The van der Waals surface area contributed by atoms with Gasteiger partial charge in [0.2, 0.25) is 0 Å². The van der Waals surface area contributed by atoms with Crippen LogP contribution in [0.15, 0.2) is 18.2 Å². The Balaban J connectivity index is 1.47. The molecular weight excluding hydrogens is 354 g/mol. The van der Waals surface area contributed by atoms with E-state index in [1.165, 1.54) is 11.3 Å². The molecule has 1 aromatic carbocycles. The first-order valence-electron chi connectivity index (χ1n) is 10.5. The lowest BCUT2D eigenvalue weighted by Crippen LogP contribution is -2.42. The Morgan fingerprint density at radius 2 is 1.79 bits per heavy atom. The van der Waals surface area contributed by atoms with Crippen LogP contribution in [-0.2, 0) is 0 Å². The summed E-state index contributed by atoms with van der Waals surface area (Å²) in [5, 5.41) is 6.37. The number of nitrogens with one attached hydrogen (secondary N) is 2. The van der Waals surface area contributed by atoms with Crippen LogP contribution in [0.25, 0.3) is 0 Å². The van der Waals surface area contributed by atoms with Gasteiger partial charge in [0.05, 0.1) is 11.1 Å². The minimum absolute atomic E-state index is 0.00159. The molecule has 3 aliphatic rings. The van der Waals surface area contributed by atoms with Gasteiger partial charge in [0.25, 0.3) is 17.7 Å². The van der Waals surface area contributed by atoms with Crippen LogP contribution >= 0.6 is 0 Å². The van der Waals surface area contributed by atoms with Crippen molar-refractivity contribution in [3.63, 3.8) is 0 Å². The minimum Gasteiger partial charge on any atom is -0.351 e. The highest BCUT2D eigenvalue weighted by molar-refractivity contribution is 6.22. The minimum atomic E-state index is -0.244. The molecule has 6 heteroatoms. The lowest BCUT2D eigenvalue weighted by atomic mass is 9.81. The normalized spacial score (nSPS) is 22.2. The van der Waals surface area contributed by atoms with Crippen LogP contribution < -0.4 is 10.6 Å². The predicted molar refractivity (Wildman–Crippen MR) is 106 cm³/mol. The van der Waals surface area contributed by atoms with Gasteiger partial charge >= 0.3 is 0 Å². The Morgan fingerprint density at radius 3 is 2.50 bits per heavy atom. The maximum atomic E-state index is 12.9. The first-order valence-corrected chi connectivity index (χ1v) is 10.5. The molecule has 0 radical (unpaired) electrons. The van der Waals surface area contributed by atoms with Gasteiger partial charge in [0.1, 0.15) is 0 Å². The fraction of sp³-hybridized carbons (Fsp3) is 0.591. The maximum Gasteiger partial charge on any atom is 0.261 e. The van der Waals surface area contributed by atoms with Crippen LogP contribution in [0.2, 0.25) is 0 Å². The number of imide groups is 1. The van der Waals surface area contributed by atoms with Gasteiger partial charge < -0.3 is 10.6 Å². The topological polar surface area (TPSA) is 78.5 Å². The molecule has 2 heterocycles. The van der Waals surface area contributed by atoms with Gasteiger partial charge in [-0.1, -0.05) is 26.2 Å². The number of rotatable bonds is 4. The number of piperidine rings is 1. The Morgan fingerprint density at radius 1 is 1.11 bits per heavy atom. The first-order chi connectivity index (χ1) is 13.5. The fourth-order valence-electron chi connectivity index (χ4n) is 4.67. The number of amides is 3. The summed E-state index contributed by atoms with van der Waals surface area (Å²) in [6.45, 7) is 4.75. The zero-order valence-corrected chi connectivity index (χ0v) is 16.6. The highest BCUT2D eigenvalue weighted by Crippen LogP contribution is 2.32. The third-order valence-corrected chi connectivity index (χ3v) is 6.61. The van der Waals surface area contributed by atoms with Crippen molar-refractivity contribution < 1.29 is 14.4 Å². The van der Waals surface area contributed by atoms with Crippen molar-refractivity contribution in [1.29, 1.82) is 0 Å². The summed E-state index contributed by atoms with van der Waals surface area (Å²) in [7, 11) is 0. The molecule has 1 aromatic rings. The molecule has 1 saturated carbocycles. The maximum absolute atomic E-state index is 12.9.